The molecule has 1 aromatic rings. The van der Waals surface area contributed by atoms with Crippen molar-refractivity contribution in [2.45, 2.75) is 38.5 Å². The van der Waals surface area contributed by atoms with E-state index >= 15 is 0 Å². The van der Waals surface area contributed by atoms with Gasteiger partial charge in [-0.1, -0.05) is 50.6 Å². The van der Waals surface area contributed by atoms with Gasteiger partial charge in [-0.05, 0) is 24.3 Å². The number of nitrogens with one attached hydrogen (secondary N) is 2. The molecule has 0 saturated heterocycles. The minimum Gasteiger partial charge on any atom is -0.356 e. The number of halogens is 1. The molecule has 21 heavy (non-hydrogen) atoms. The molecule has 0 atom stereocenters. The maximum atomic E-state index is 4.31. The number of hydrogen-bond donors (Lipinski definition) is 2. The van der Waals surface area contributed by atoms with Crippen molar-refractivity contribution in [1.29, 1.82) is 0 Å². The molecule has 1 saturated carbocycles. The van der Waals surface area contributed by atoms with Crippen LogP contribution in [0.2, 0.25) is 0 Å². The van der Waals surface area contributed by atoms with Crippen molar-refractivity contribution < 1.29 is 0 Å². The Morgan fingerprint density at radius 2 is 1.86 bits per heavy atom. The summed E-state index contributed by atoms with van der Waals surface area (Å²) in [5.74, 6) is 1.54. The van der Waals surface area contributed by atoms with E-state index in [4.69, 9.17) is 0 Å². The molecule has 118 valence electrons. The maximum Gasteiger partial charge on any atom is 0.191 e. The summed E-state index contributed by atoms with van der Waals surface area (Å²) < 4.78 is 0. The lowest BCUT2D eigenvalue weighted by Gasteiger charge is -2.43. The van der Waals surface area contributed by atoms with Crippen LogP contribution < -0.4 is 10.6 Å². The molecule has 3 nitrogen and oxygen atoms in total. The number of guanidine groups is 1. The number of nitrogens with zero attached hydrogens (tertiary/aromatic N) is 1. The molecular weight excluding hydrogens is 373 g/mol. The smallest absolute Gasteiger partial charge is 0.191 e. The van der Waals surface area contributed by atoms with Gasteiger partial charge in [0.05, 0.1) is 0 Å². The predicted octanol–water partition coefficient (Wildman–Crippen LogP) is 3.55. The van der Waals surface area contributed by atoms with Crippen LogP contribution in [0.4, 0.5) is 0 Å². The normalized spacial score (nSPS) is 16.9. The monoisotopic (exact) mass is 401 g/mol. The molecule has 1 aliphatic carbocycles. The maximum absolute atomic E-state index is 4.31. The van der Waals surface area contributed by atoms with Gasteiger partial charge in [-0.15, -0.1) is 24.0 Å². The lowest BCUT2D eigenvalue weighted by molar-refractivity contribution is 0.244. The molecule has 0 amide bonds. The van der Waals surface area contributed by atoms with Crippen LogP contribution in [0.25, 0.3) is 0 Å². The topological polar surface area (TPSA) is 36.4 Å². The molecule has 0 heterocycles. The van der Waals surface area contributed by atoms with Crippen molar-refractivity contribution in [2.75, 3.05) is 20.1 Å². The molecule has 0 aliphatic heterocycles. The zero-order chi connectivity index (χ0) is 14.4. The summed E-state index contributed by atoms with van der Waals surface area (Å²) in [5.41, 5.74) is 1.76. The fourth-order valence-corrected chi connectivity index (χ4v) is 2.74. The Balaban J connectivity index is 0.00000220. The van der Waals surface area contributed by atoms with Gasteiger partial charge in [-0.25, -0.2) is 0 Å². The van der Waals surface area contributed by atoms with Gasteiger partial charge in [-0.2, -0.15) is 0 Å². The Bertz CT molecular complexity index is 439. The van der Waals surface area contributed by atoms with Crippen LogP contribution in [-0.4, -0.2) is 26.1 Å². The molecule has 2 N–H and O–H groups in total. The van der Waals surface area contributed by atoms with Gasteiger partial charge in [0.2, 0.25) is 0 Å². The molecular formula is C17H28IN3. The van der Waals surface area contributed by atoms with Crippen LogP contribution >= 0.6 is 24.0 Å². The minimum atomic E-state index is 0. The van der Waals surface area contributed by atoms with E-state index in [-0.39, 0.29) is 24.0 Å². The Kier molecular flexibility index (Phi) is 7.49. The van der Waals surface area contributed by atoms with Gasteiger partial charge in [0.1, 0.15) is 0 Å². The second-order valence-electron chi connectivity index (χ2n) is 6.20. The molecule has 1 aliphatic rings. The van der Waals surface area contributed by atoms with Gasteiger partial charge >= 0.3 is 0 Å². The van der Waals surface area contributed by atoms with E-state index in [1.54, 1.807) is 0 Å². The van der Waals surface area contributed by atoms with E-state index in [0.717, 1.165) is 19.0 Å². The van der Waals surface area contributed by atoms with Crippen LogP contribution in [0.15, 0.2) is 35.3 Å². The average molecular weight is 401 g/mol. The largest absolute Gasteiger partial charge is 0.356 e. The van der Waals surface area contributed by atoms with Crippen LogP contribution in [0, 0.1) is 5.92 Å². The van der Waals surface area contributed by atoms with Crippen LogP contribution in [0.3, 0.4) is 0 Å². The van der Waals surface area contributed by atoms with E-state index in [0.29, 0.717) is 11.3 Å². The Labute approximate surface area is 146 Å². The quantitative estimate of drug-likeness (QED) is 0.450. The zero-order valence-electron chi connectivity index (χ0n) is 13.4. The van der Waals surface area contributed by atoms with E-state index in [1.807, 2.05) is 7.05 Å². The second-order valence-corrected chi connectivity index (χ2v) is 6.20. The van der Waals surface area contributed by atoms with Crippen LogP contribution in [0.1, 0.15) is 38.7 Å². The molecule has 0 bridgehead atoms. The standard InChI is InChI=1S/C17H27N3.HI/c1-14(2)12-19-16(18-3)20-13-17(10-7-11-17)15-8-5-4-6-9-15;/h4-6,8-9,14H,7,10-13H2,1-3H3,(H2,18,19,20);1H. The highest BCUT2D eigenvalue weighted by atomic mass is 127. The molecule has 0 aromatic heterocycles. The van der Waals surface area contributed by atoms with Gasteiger partial charge in [-0.3, -0.25) is 4.99 Å². The summed E-state index contributed by atoms with van der Waals surface area (Å²) in [5, 5.41) is 6.88. The van der Waals surface area contributed by atoms with Gasteiger partial charge in [0.25, 0.3) is 0 Å². The summed E-state index contributed by atoms with van der Waals surface area (Å²) in [7, 11) is 1.84. The summed E-state index contributed by atoms with van der Waals surface area (Å²) in [6.07, 6.45) is 3.87. The van der Waals surface area contributed by atoms with Crippen molar-refractivity contribution in [3.8, 4) is 0 Å². The fraction of sp³-hybridized carbons (Fsp3) is 0.588. The summed E-state index contributed by atoms with van der Waals surface area (Å²) in [6, 6.07) is 10.9. The van der Waals surface area contributed by atoms with Crippen molar-refractivity contribution >= 4 is 29.9 Å². The summed E-state index contributed by atoms with van der Waals surface area (Å²) >= 11 is 0. The predicted molar refractivity (Wildman–Crippen MR) is 102 cm³/mol. The van der Waals surface area contributed by atoms with Gasteiger partial charge < -0.3 is 10.6 Å². The minimum absolute atomic E-state index is 0. The fourth-order valence-electron chi connectivity index (χ4n) is 2.74. The molecule has 1 fully saturated rings. The van der Waals surface area contributed by atoms with Crippen molar-refractivity contribution in [3.05, 3.63) is 35.9 Å². The number of aliphatic imine (C=N–C) groups is 1. The lowest BCUT2D eigenvalue weighted by atomic mass is 9.64. The highest BCUT2D eigenvalue weighted by Gasteiger charge is 2.38. The SMILES string of the molecule is CN=C(NCC(C)C)NCC1(c2ccccc2)CCC1.I. The van der Waals surface area contributed by atoms with Crippen LogP contribution in [-0.2, 0) is 5.41 Å². The average Bonchev–Trinajstić information content (AvgIpc) is 2.42. The van der Waals surface area contributed by atoms with Crippen LogP contribution in [0.5, 0.6) is 0 Å². The first-order valence-electron chi connectivity index (χ1n) is 7.66. The number of rotatable bonds is 5. The molecule has 4 heteroatoms. The summed E-state index contributed by atoms with van der Waals surface area (Å²) in [4.78, 5) is 4.31. The lowest BCUT2D eigenvalue weighted by Crippen LogP contribution is -2.49. The summed E-state index contributed by atoms with van der Waals surface area (Å²) in [6.45, 7) is 6.34. The first kappa shape index (κ1) is 18.3. The first-order valence-corrected chi connectivity index (χ1v) is 7.66. The van der Waals surface area contributed by atoms with E-state index in [9.17, 15) is 0 Å². The third-order valence-corrected chi connectivity index (χ3v) is 4.19. The Hall–Kier alpha value is -0.780. The number of benzene rings is 1. The van der Waals surface area contributed by atoms with Crippen molar-refractivity contribution in [2.24, 2.45) is 10.9 Å². The molecule has 1 aromatic carbocycles. The van der Waals surface area contributed by atoms with Crippen molar-refractivity contribution in [3.63, 3.8) is 0 Å². The Morgan fingerprint density at radius 1 is 1.19 bits per heavy atom. The third kappa shape index (κ3) is 4.87. The zero-order valence-corrected chi connectivity index (χ0v) is 15.7. The van der Waals surface area contributed by atoms with Gasteiger partial charge in [0.15, 0.2) is 5.96 Å². The third-order valence-electron chi connectivity index (χ3n) is 4.19. The van der Waals surface area contributed by atoms with Crippen molar-refractivity contribution in [1.82, 2.24) is 10.6 Å². The highest BCUT2D eigenvalue weighted by Crippen LogP contribution is 2.43. The highest BCUT2D eigenvalue weighted by molar-refractivity contribution is 14.0. The Morgan fingerprint density at radius 3 is 2.33 bits per heavy atom. The van der Waals surface area contributed by atoms with Gasteiger partial charge in [0, 0.05) is 25.6 Å². The molecule has 0 radical (unpaired) electrons. The van der Waals surface area contributed by atoms with E-state index < -0.39 is 0 Å². The molecule has 0 spiro atoms. The second kappa shape index (κ2) is 8.61. The molecule has 2 rings (SSSR count). The molecule has 0 unspecified atom stereocenters. The van der Waals surface area contributed by atoms with E-state index in [2.05, 4.69) is 59.8 Å². The first-order chi connectivity index (χ1) is 9.66. The van der Waals surface area contributed by atoms with E-state index in [1.165, 1.54) is 24.8 Å². The number of hydrogen-bond acceptors (Lipinski definition) is 1.